The van der Waals surface area contributed by atoms with E-state index in [9.17, 15) is 17.6 Å². The summed E-state index contributed by atoms with van der Waals surface area (Å²) in [7, 11) is -4.09. The fourth-order valence-corrected chi connectivity index (χ4v) is 4.66. The molecule has 0 aliphatic carbocycles. The summed E-state index contributed by atoms with van der Waals surface area (Å²) in [6, 6.07) is 16.3. The van der Waals surface area contributed by atoms with Gasteiger partial charge in [0.2, 0.25) is 11.4 Å². The highest BCUT2D eigenvalue weighted by molar-refractivity contribution is 7.92. The van der Waals surface area contributed by atoms with E-state index in [4.69, 9.17) is 4.74 Å². The van der Waals surface area contributed by atoms with Crippen LogP contribution in [0.2, 0.25) is 0 Å². The van der Waals surface area contributed by atoms with E-state index < -0.39 is 20.7 Å². The van der Waals surface area contributed by atoms with Crippen LogP contribution in [-0.4, -0.2) is 28.6 Å². The summed E-state index contributed by atoms with van der Waals surface area (Å²) in [5.41, 5.74) is 2.60. The van der Waals surface area contributed by atoms with Gasteiger partial charge in [-0.2, -0.15) is 5.10 Å². The molecule has 0 amide bonds. The van der Waals surface area contributed by atoms with Gasteiger partial charge in [-0.25, -0.2) is 17.8 Å². The molecule has 5 rings (SSSR count). The number of aromatic amines is 2. The first-order valence-electron chi connectivity index (χ1n) is 10.4. The average Bonchev–Trinajstić information content (AvgIpc) is 3.22. The smallest absolute Gasteiger partial charge is 0.264 e. The normalized spacial score (nSPS) is 11.5. The van der Waals surface area contributed by atoms with Crippen molar-refractivity contribution in [1.29, 1.82) is 0 Å². The monoisotopic (exact) mass is 491 g/mol. The van der Waals surface area contributed by atoms with Crippen LogP contribution in [0.3, 0.4) is 0 Å². The Kier molecular flexibility index (Phi) is 5.53. The van der Waals surface area contributed by atoms with Gasteiger partial charge in [-0.15, -0.1) is 0 Å². The van der Waals surface area contributed by atoms with Gasteiger partial charge >= 0.3 is 0 Å². The number of rotatable bonds is 6. The van der Waals surface area contributed by atoms with Crippen molar-refractivity contribution in [2.75, 3.05) is 4.72 Å². The quantitative estimate of drug-likeness (QED) is 0.324. The lowest BCUT2D eigenvalue weighted by atomic mass is 10.1. The van der Waals surface area contributed by atoms with E-state index in [1.807, 2.05) is 6.92 Å². The molecule has 0 atom stereocenters. The van der Waals surface area contributed by atoms with E-state index in [1.165, 1.54) is 36.5 Å². The van der Waals surface area contributed by atoms with Crippen LogP contribution in [-0.2, 0) is 10.0 Å². The Morgan fingerprint density at radius 1 is 1.03 bits per heavy atom. The Morgan fingerprint density at radius 2 is 1.80 bits per heavy atom. The van der Waals surface area contributed by atoms with Crippen LogP contribution in [0, 0.1) is 12.7 Å². The van der Waals surface area contributed by atoms with E-state index in [2.05, 4.69) is 24.9 Å². The minimum absolute atomic E-state index is 0.255. The summed E-state index contributed by atoms with van der Waals surface area (Å²) < 4.78 is 47.4. The highest BCUT2D eigenvalue weighted by Gasteiger charge is 2.19. The van der Waals surface area contributed by atoms with Crippen LogP contribution in [0.15, 0.2) is 82.6 Å². The van der Waals surface area contributed by atoms with Crippen molar-refractivity contribution in [3.05, 3.63) is 94.8 Å². The third-order valence-corrected chi connectivity index (χ3v) is 6.63. The maximum absolute atomic E-state index is 14.0. The molecule has 5 aromatic rings. The maximum Gasteiger partial charge on any atom is 0.264 e. The number of aromatic nitrogens is 4. The second-order valence-corrected chi connectivity index (χ2v) is 9.31. The number of anilines is 1. The minimum atomic E-state index is -4.09. The zero-order valence-electron chi connectivity index (χ0n) is 18.2. The van der Waals surface area contributed by atoms with Gasteiger partial charge in [0.1, 0.15) is 16.5 Å². The number of nitrogens with one attached hydrogen (secondary N) is 3. The molecule has 0 bridgehead atoms. The minimum Gasteiger partial charge on any atom is -0.437 e. The number of H-pyrrole nitrogens is 2. The van der Waals surface area contributed by atoms with Gasteiger partial charge in [-0.1, -0.05) is 24.3 Å². The number of sulfonamides is 1. The van der Waals surface area contributed by atoms with Crippen molar-refractivity contribution < 1.29 is 17.5 Å². The van der Waals surface area contributed by atoms with Crippen molar-refractivity contribution in [3.8, 4) is 22.9 Å². The van der Waals surface area contributed by atoms with Crippen molar-refractivity contribution in [1.82, 2.24) is 20.2 Å². The summed E-state index contributed by atoms with van der Waals surface area (Å²) in [6.45, 7) is 1.84. The average molecular weight is 492 g/mol. The van der Waals surface area contributed by atoms with Gasteiger partial charge in [-0.05, 0) is 43.3 Å². The lowest BCUT2D eigenvalue weighted by Crippen LogP contribution is -2.14. The second kappa shape index (κ2) is 8.69. The number of nitrogens with zero attached hydrogens (tertiary/aromatic N) is 2. The number of halogens is 1. The van der Waals surface area contributed by atoms with E-state index in [0.29, 0.717) is 33.8 Å². The molecule has 0 aliphatic rings. The van der Waals surface area contributed by atoms with Gasteiger partial charge in [0.15, 0.2) is 0 Å². The van der Waals surface area contributed by atoms with Crippen LogP contribution < -0.4 is 15.0 Å². The molecule has 0 unspecified atom stereocenters. The number of aryl methyl sites for hydroxylation is 1. The topological polar surface area (TPSA) is 130 Å². The summed E-state index contributed by atoms with van der Waals surface area (Å²) in [5.74, 6) is -0.146. The summed E-state index contributed by atoms with van der Waals surface area (Å²) in [4.78, 5) is 18.1. The highest BCUT2D eigenvalue weighted by Crippen LogP contribution is 2.33. The SMILES string of the molecule is Cc1[nH]nc2cc(-c3ccc(NS(=O)(=O)c4ccccc4F)cc3)nc(Oc3ccc(=O)[nH]c3)c12. The first kappa shape index (κ1) is 22.3. The summed E-state index contributed by atoms with van der Waals surface area (Å²) >= 11 is 0. The first-order chi connectivity index (χ1) is 16.8. The Bertz CT molecular complexity index is 1690. The van der Waals surface area contributed by atoms with Gasteiger partial charge in [0, 0.05) is 29.2 Å². The molecule has 0 aliphatic heterocycles. The number of pyridine rings is 2. The summed E-state index contributed by atoms with van der Waals surface area (Å²) in [5, 5.41) is 7.90. The Hall–Kier alpha value is -4.51. The number of hydrogen-bond donors (Lipinski definition) is 3. The number of fused-ring (bicyclic) bond motifs is 1. The molecular formula is C24H18FN5O4S. The molecule has 2 aromatic carbocycles. The molecule has 0 saturated heterocycles. The molecule has 0 radical (unpaired) electrons. The molecule has 0 spiro atoms. The molecule has 3 aromatic heterocycles. The lowest BCUT2D eigenvalue weighted by Gasteiger charge is -2.11. The highest BCUT2D eigenvalue weighted by atomic mass is 32.2. The number of ether oxygens (including phenoxy) is 1. The number of hydrogen-bond acceptors (Lipinski definition) is 6. The van der Waals surface area contributed by atoms with Gasteiger partial charge < -0.3 is 9.72 Å². The molecule has 3 N–H and O–H groups in total. The van der Waals surface area contributed by atoms with E-state index in [0.717, 1.165) is 11.8 Å². The first-order valence-corrected chi connectivity index (χ1v) is 11.9. The van der Waals surface area contributed by atoms with Crippen molar-refractivity contribution >= 4 is 26.6 Å². The number of benzene rings is 2. The zero-order valence-corrected chi connectivity index (χ0v) is 19.1. The fraction of sp³-hybridized carbons (Fsp3) is 0.0417. The van der Waals surface area contributed by atoms with Crippen LogP contribution in [0.4, 0.5) is 10.1 Å². The molecule has 0 fully saturated rings. The van der Waals surface area contributed by atoms with E-state index >= 15 is 0 Å². The summed E-state index contributed by atoms with van der Waals surface area (Å²) in [6.07, 6.45) is 1.44. The van der Waals surface area contributed by atoms with Crippen molar-refractivity contribution in [2.24, 2.45) is 0 Å². The molecule has 11 heteroatoms. The van der Waals surface area contributed by atoms with E-state index in [-0.39, 0.29) is 11.2 Å². The van der Waals surface area contributed by atoms with Crippen LogP contribution in [0.1, 0.15) is 5.69 Å². The fourth-order valence-electron chi connectivity index (χ4n) is 3.52. The third kappa shape index (κ3) is 4.49. The van der Waals surface area contributed by atoms with Crippen LogP contribution in [0.25, 0.3) is 22.2 Å². The third-order valence-electron chi connectivity index (χ3n) is 5.21. The molecule has 35 heavy (non-hydrogen) atoms. The van der Waals surface area contributed by atoms with Gasteiger partial charge in [0.25, 0.3) is 10.0 Å². The Morgan fingerprint density at radius 3 is 2.51 bits per heavy atom. The zero-order chi connectivity index (χ0) is 24.6. The predicted molar refractivity (Wildman–Crippen MR) is 128 cm³/mol. The standard InChI is InChI=1S/C24H18FN5O4S/c1-14-23-20(29-28-14)12-19(27-24(23)34-17-10-11-22(31)26-13-17)15-6-8-16(9-7-15)30-35(32,33)21-5-3-2-4-18(21)25/h2-13,30H,1H3,(H,26,31)(H,28,29). The van der Waals surface area contributed by atoms with E-state index in [1.54, 1.807) is 30.3 Å². The molecule has 9 nitrogen and oxygen atoms in total. The Labute approximate surface area is 198 Å². The second-order valence-electron chi connectivity index (χ2n) is 7.66. The van der Waals surface area contributed by atoms with Crippen LogP contribution in [0.5, 0.6) is 11.6 Å². The maximum atomic E-state index is 14.0. The largest absolute Gasteiger partial charge is 0.437 e. The van der Waals surface area contributed by atoms with Crippen LogP contribution >= 0.6 is 0 Å². The van der Waals surface area contributed by atoms with Gasteiger partial charge in [0.05, 0.1) is 16.6 Å². The lowest BCUT2D eigenvalue weighted by molar-refractivity contribution is 0.467. The molecule has 0 saturated carbocycles. The van der Waals surface area contributed by atoms with Gasteiger partial charge in [-0.3, -0.25) is 14.6 Å². The molecule has 176 valence electrons. The molecular weight excluding hydrogens is 473 g/mol. The van der Waals surface area contributed by atoms with Crippen molar-refractivity contribution in [2.45, 2.75) is 11.8 Å². The van der Waals surface area contributed by atoms with Crippen molar-refractivity contribution in [3.63, 3.8) is 0 Å². The Balaban J connectivity index is 1.47. The predicted octanol–water partition coefficient (Wildman–Crippen LogP) is 4.35. The molecule has 3 heterocycles.